The second-order valence-corrected chi connectivity index (χ2v) is 13.7. The van der Waals surface area contributed by atoms with Crippen LogP contribution in [0.1, 0.15) is 36.8 Å². The van der Waals surface area contributed by atoms with E-state index in [0.29, 0.717) is 29.9 Å². The molecule has 278 valence electrons. The molecule has 2 fully saturated rings. The summed E-state index contributed by atoms with van der Waals surface area (Å²) in [6, 6.07) is 16.1. The third-order valence-electron chi connectivity index (χ3n) is 10.1. The Bertz CT molecular complexity index is 1610. The average molecular weight is 704 g/mol. The first-order chi connectivity index (χ1) is 24.6. The standard InChI is InChI=1S/C18H29N7.C18H28N6O2/c1-23(2)15-6-4-14(5-7-15)8-11-24(3)16-9-12-25(13-10-16)18-20-17(19)21-22-18;1-23(10-7-13-5-4-6-15(25-2)16(13)26-3)14-8-11-24(12-9-14)18-20-17(19)21-22-18/h4-7,16H,8-13H2,1-3H3,(H3,19,20,21,22);4-6,14H,7-12H2,1-3H3,(H3,19,20,21,22). The van der Waals surface area contributed by atoms with Gasteiger partial charge in [-0.3, -0.25) is 0 Å². The highest BCUT2D eigenvalue weighted by molar-refractivity contribution is 5.47. The van der Waals surface area contributed by atoms with Crippen LogP contribution in [-0.2, 0) is 12.8 Å². The summed E-state index contributed by atoms with van der Waals surface area (Å²) in [5.74, 6) is 3.79. The van der Waals surface area contributed by atoms with E-state index in [0.717, 1.165) is 95.2 Å². The number of rotatable bonds is 13. The minimum atomic E-state index is 0.367. The second-order valence-electron chi connectivity index (χ2n) is 13.7. The Balaban J connectivity index is 0.000000198. The number of nitrogens with one attached hydrogen (secondary N) is 2. The van der Waals surface area contributed by atoms with Gasteiger partial charge in [-0.15, -0.1) is 10.2 Å². The fraction of sp³-hybridized carbons (Fsp3) is 0.556. The van der Waals surface area contributed by atoms with Gasteiger partial charge in [0, 0.05) is 71.1 Å². The van der Waals surface area contributed by atoms with Crippen LogP contribution in [0.15, 0.2) is 42.5 Å². The molecule has 2 aromatic heterocycles. The number of nitrogens with zero attached hydrogens (tertiary/aromatic N) is 9. The third kappa shape index (κ3) is 10.2. The molecule has 0 bridgehead atoms. The van der Waals surface area contributed by atoms with E-state index >= 15 is 0 Å². The molecule has 2 aromatic carbocycles. The van der Waals surface area contributed by atoms with E-state index in [1.54, 1.807) is 14.2 Å². The van der Waals surface area contributed by atoms with Gasteiger partial charge in [0.1, 0.15) is 0 Å². The van der Waals surface area contributed by atoms with Crippen molar-refractivity contribution in [3.8, 4) is 11.5 Å². The van der Waals surface area contributed by atoms with Crippen LogP contribution in [0.2, 0.25) is 0 Å². The van der Waals surface area contributed by atoms with E-state index in [9.17, 15) is 0 Å². The molecule has 0 unspecified atom stereocenters. The number of aromatic nitrogens is 6. The summed E-state index contributed by atoms with van der Waals surface area (Å²) in [4.78, 5) is 19.9. The van der Waals surface area contributed by atoms with Crippen molar-refractivity contribution < 1.29 is 9.47 Å². The van der Waals surface area contributed by atoms with Gasteiger partial charge in [-0.1, -0.05) is 24.3 Å². The quantitative estimate of drug-likeness (QED) is 0.160. The van der Waals surface area contributed by atoms with Crippen LogP contribution in [0.25, 0.3) is 0 Å². The summed E-state index contributed by atoms with van der Waals surface area (Å²) < 4.78 is 10.9. The molecule has 0 saturated carbocycles. The minimum absolute atomic E-state index is 0.367. The molecule has 4 aromatic rings. The maximum Gasteiger partial charge on any atom is 0.246 e. The Hall–Kier alpha value is -4.76. The Morgan fingerprint density at radius 3 is 1.65 bits per heavy atom. The number of piperidine rings is 2. The molecule has 51 heavy (non-hydrogen) atoms. The summed E-state index contributed by atoms with van der Waals surface area (Å²) in [5, 5.41) is 13.7. The van der Waals surface area contributed by atoms with Crippen LogP contribution in [0.3, 0.4) is 0 Å². The highest BCUT2D eigenvalue weighted by atomic mass is 16.5. The molecule has 15 nitrogen and oxygen atoms in total. The molecule has 4 heterocycles. The van der Waals surface area contributed by atoms with Crippen molar-refractivity contribution in [3.63, 3.8) is 0 Å². The first kappa shape index (κ1) is 37.5. The lowest BCUT2D eigenvalue weighted by Gasteiger charge is -2.36. The molecule has 0 radical (unpaired) electrons. The minimum Gasteiger partial charge on any atom is -0.493 e. The Kier molecular flexibility index (Phi) is 13.2. The van der Waals surface area contributed by atoms with Crippen LogP contribution < -0.4 is 35.6 Å². The van der Waals surface area contributed by atoms with E-state index in [-0.39, 0.29) is 0 Å². The topological polar surface area (TPSA) is 170 Å². The van der Waals surface area contributed by atoms with E-state index < -0.39 is 0 Å². The van der Waals surface area contributed by atoms with Crippen LogP contribution in [0.5, 0.6) is 11.5 Å². The first-order valence-corrected chi connectivity index (χ1v) is 17.9. The number of likely N-dealkylation sites (N-methyl/N-ethyl adjacent to an activating group) is 2. The zero-order chi connectivity index (χ0) is 36.3. The number of ether oxygens (including phenoxy) is 2. The smallest absolute Gasteiger partial charge is 0.246 e. The number of methoxy groups -OCH3 is 2. The van der Waals surface area contributed by atoms with Crippen LogP contribution in [-0.4, -0.2) is 134 Å². The monoisotopic (exact) mass is 703 g/mol. The van der Waals surface area contributed by atoms with Crippen LogP contribution >= 0.6 is 0 Å². The van der Waals surface area contributed by atoms with Gasteiger partial charge in [-0.2, -0.15) is 9.97 Å². The lowest BCUT2D eigenvalue weighted by atomic mass is 10.0. The van der Waals surface area contributed by atoms with Gasteiger partial charge in [0.15, 0.2) is 11.5 Å². The Labute approximate surface area is 302 Å². The predicted molar refractivity (Wildman–Crippen MR) is 205 cm³/mol. The molecule has 2 saturated heterocycles. The number of H-pyrrole nitrogens is 2. The third-order valence-corrected chi connectivity index (χ3v) is 10.1. The summed E-state index contributed by atoms with van der Waals surface area (Å²) in [7, 11) is 11.9. The molecule has 0 amide bonds. The van der Waals surface area contributed by atoms with Gasteiger partial charge in [-0.25, -0.2) is 10.2 Å². The SMILES string of the molecule is CN(C)c1ccc(CCN(C)C2CCN(c3n[nH]c(N)n3)CC2)cc1.COc1cccc(CCN(C)C2CCN(c3n[nH]c(N)n3)CC2)c1OC. The number of hydrogen-bond acceptors (Lipinski definition) is 13. The van der Waals surface area contributed by atoms with Gasteiger partial charge >= 0.3 is 0 Å². The van der Waals surface area contributed by atoms with Crippen molar-refractivity contribution in [2.75, 3.05) is 108 Å². The zero-order valence-electron chi connectivity index (χ0n) is 31.2. The van der Waals surface area contributed by atoms with Crippen molar-refractivity contribution in [2.24, 2.45) is 0 Å². The molecule has 0 aliphatic carbocycles. The number of hydrogen-bond donors (Lipinski definition) is 4. The molecule has 15 heteroatoms. The van der Waals surface area contributed by atoms with Gasteiger partial charge in [-0.05, 0) is 81.9 Å². The summed E-state index contributed by atoms with van der Waals surface area (Å²) >= 11 is 0. The number of anilines is 5. The van der Waals surface area contributed by atoms with Crippen molar-refractivity contribution in [1.82, 2.24) is 40.2 Å². The predicted octanol–water partition coefficient (Wildman–Crippen LogP) is 3.14. The summed E-state index contributed by atoms with van der Waals surface area (Å²) in [5.41, 5.74) is 15.0. The highest BCUT2D eigenvalue weighted by Gasteiger charge is 2.26. The fourth-order valence-corrected chi connectivity index (χ4v) is 6.90. The van der Waals surface area contributed by atoms with Gasteiger partial charge in [0.25, 0.3) is 0 Å². The molecular formula is C36H57N13O2. The number of benzene rings is 2. The van der Waals surface area contributed by atoms with E-state index in [1.165, 1.54) is 16.8 Å². The largest absolute Gasteiger partial charge is 0.493 e. The number of nitrogens with two attached hydrogens (primary N) is 2. The zero-order valence-corrected chi connectivity index (χ0v) is 31.2. The second kappa shape index (κ2) is 17.9. The summed E-state index contributed by atoms with van der Waals surface area (Å²) in [6.45, 7) is 5.89. The lowest BCUT2D eigenvalue weighted by molar-refractivity contribution is 0.209. The van der Waals surface area contributed by atoms with Gasteiger partial charge < -0.3 is 45.4 Å². The maximum absolute atomic E-state index is 5.62. The van der Waals surface area contributed by atoms with Crippen LogP contribution in [0.4, 0.5) is 29.5 Å². The first-order valence-electron chi connectivity index (χ1n) is 17.9. The molecular weight excluding hydrogens is 646 g/mol. The van der Waals surface area contributed by atoms with Crippen molar-refractivity contribution in [1.29, 1.82) is 0 Å². The van der Waals surface area contributed by atoms with E-state index in [2.05, 4.69) is 113 Å². The van der Waals surface area contributed by atoms with Crippen molar-refractivity contribution >= 4 is 29.5 Å². The number of para-hydroxylation sites is 1. The van der Waals surface area contributed by atoms with E-state index in [1.807, 2.05) is 12.1 Å². The van der Waals surface area contributed by atoms with Gasteiger partial charge in [0.05, 0.1) is 14.2 Å². The fourth-order valence-electron chi connectivity index (χ4n) is 6.90. The number of nitrogen functional groups attached to an aromatic ring is 2. The number of aromatic amines is 2. The maximum atomic E-state index is 5.62. The molecule has 2 aliphatic rings. The summed E-state index contributed by atoms with van der Waals surface area (Å²) in [6.07, 6.45) is 6.44. The molecule has 2 aliphatic heterocycles. The van der Waals surface area contributed by atoms with E-state index in [4.69, 9.17) is 20.9 Å². The van der Waals surface area contributed by atoms with Crippen molar-refractivity contribution in [3.05, 3.63) is 53.6 Å². The Morgan fingerprint density at radius 1 is 0.706 bits per heavy atom. The molecule has 6 N–H and O–H groups in total. The highest BCUT2D eigenvalue weighted by Crippen LogP contribution is 2.31. The van der Waals surface area contributed by atoms with Gasteiger partial charge in [0.2, 0.25) is 23.8 Å². The normalized spacial score (nSPS) is 15.6. The Morgan fingerprint density at radius 2 is 1.22 bits per heavy atom. The molecule has 0 spiro atoms. The molecule has 0 atom stereocenters. The lowest BCUT2D eigenvalue weighted by Crippen LogP contribution is -2.44. The molecule has 6 rings (SSSR count). The van der Waals surface area contributed by atoms with Crippen LogP contribution in [0, 0.1) is 0 Å². The average Bonchev–Trinajstić information content (AvgIpc) is 3.81. The van der Waals surface area contributed by atoms with Crippen molar-refractivity contribution in [2.45, 2.75) is 50.6 Å².